The van der Waals surface area contributed by atoms with E-state index in [1.54, 1.807) is 73.6 Å². The molecule has 0 radical (unpaired) electrons. The molecule has 0 bridgehead atoms. The number of methoxy groups -OCH3 is 3. The molecule has 404 valence electrons. The third kappa shape index (κ3) is 9.97. The molecule has 78 heavy (non-hydrogen) atoms. The number of carbonyl (C=O) groups excluding carboxylic acids is 7. The summed E-state index contributed by atoms with van der Waals surface area (Å²) < 4.78 is 27.3. The van der Waals surface area contributed by atoms with Crippen molar-refractivity contribution in [1.29, 1.82) is 0 Å². The van der Waals surface area contributed by atoms with Crippen LogP contribution >= 0.6 is 0 Å². The van der Waals surface area contributed by atoms with Gasteiger partial charge in [-0.15, -0.1) is 0 Å². The third-order valence-corrected chi connectivity index (χ3v) is 14.8. The maximum Gasteiger partial charge on any atom is 0.329 e. The summed E-state index contributed by atoms with van der Waals surface area (Å²) in [5.74, 6) is -1.58. The van der Waals surface area contributed by atoms with E-state index in [-0.39, 0.29) is 62.6 Å². The lowest BCUT2D eigenvalue weighted by atomic mass is 9.64. The Kier molecular flexibility index (Phi) is 16.2. The number of hydrogen-bond acceptors (Lipinski definition) is 17. The van der Waals surface area contributed by atoms with Crippen LogP contribution in [0.5, 0.6) is 5.75 Å². The lowest BCUT2D eigenvalue weighted by molar-refractivity contribution is -0.179. The van der Waals surface area contributed by atoms with Gasteiger partial charge in [0.25, 0.3) is 0 Å². The number of piperazine rings is 1. The van der Waals surface area contributed by atoms with Gasteiger partial charge in [-0.2, -0.15) is 0 Å². The average molecular weight is 1060 g/mol. The molecule has 2 N–H and O–H groups in total. The van der Waals surface area contributed by atoms with Crippen LogP contribution in [0, 0.1) is 29.6 Å². The van der Waals surface area contributed by atoms with Gasteiger partial charge < -0.3 is 43.9 Å². The Labute approximate surface area is 450 Å². The lowest BCUT2D eigenvalue weighted by Gasteiger charge is -2.46. The number of aliphatic hydroxyl groups excluding tert-OH is 1. The summed E-state index contributed by atoms with van der Waals surface area (Å²) in [4.78, 5) is 118. The molecule has 7 unspecified atom stereocenters. The van der Waals surface area contributed by atoms with E-state index in [2.05, 4.69) is 27.1 Å². The number of urea groups is 1. The van der Waals surface area contributed by atoms with Crippen LogP contribution in [-0.2, 0) is 53.1 Å². The Morgan fingerprint density at radius 2 is 1.40 bits per heavy atom. The van der Waals surface area contributed by atoms with Crippen LogP contribution in [0.25, 0.3) is 0 Å². The SMILES string of the molecule is COC(=O)C(CC#Cc1ccc2c(c1)C1(C(=O)N2C(=O)NC(C(=O)OC)C(C)C)C(C(=O)N2CCN(c3ncccn3)CC2)C2C(=O)OC(c3ccccc3)C(c3ccccc3)N2C1c1ccc(OCCO)cc1)C(=O)OC. The van der Waals surface area contributed by atoms with E-state index in [1.165, 1.54) is 13.2 Å². The fourth-order valence-electron chi connectivity index (χ4n) is 11.3. The van der Waals surface area contributed by atoms with Crippen LogP contribution in [0.3, 0.4) is 0 Å². The van der Waals surface area contributed by atoms with Gasteiger partial charge in [-0.25, -0.2) is 24.5 Å². The first-order valence-corrected chi connectivity index (χ1v) is 25.5. The summed E-state index contributed by atoms with van der Waals surface area (Å²) in [5, 5.41) is 12.4. The lowest BCUT2D eigenvalue weighted by Crippen LogP contribution is -2.60. The normalized spacial score (nSPS) is 21.9. The zero-order chi connectivity index (χ0) is 55.3. The van der Waals surface area contributed by atoms with E-state index in [0.717, 1.165) is 19.1 Å². The second-order valence-corrected chi connectivity index (χ2v) is 19.4. The van der Waals surface area contributed by atoms with Gasteiger partial charge in [0.1, 0.15) is 36.0 Å². The van der Waals surface area contributed by atoms with Crippen molar-refractivity contribution in [2.24, 2.45) is 17.8 Å². The average Bonchev–Trinajstić information content (AvgIpc) is 2.42. The van der Waals surface area contributed by atoms with Crippen molar-refractivity contribution in [2.45, 2.75) is 56.0 Å². The standard InChI is InChI=1S/C58H59N7O13/c1-35(2)45(53(70)76-5)61-57(73)64-43-25-20-36(14-12-19-41(51(68)74-3)52(69)75-4)34-42(43)58(55(64)72)44(50(67)62-28-30-63(31-29-62)56-59-26-13-27-60-56)47-54(71)78-48(38-17-10-7-11-18-38)46(37-15-8-6-9-16-37)65(47)49(58)39-21-23-40(24-22-39)77-33-32-66/h6-11,13,15-18,20-27,34-35,41,44-49,66H,19,28-33H2,1-5H3,(H,61,73). The Hall–Kier alpha value is -8.67. The van der Waals surface area contributed by atoms with Gasteiger partial charge in [0.15, 0.2) is 5.92 Å². The smallest absolute Gasteiger partial charge is 0.329 e. The molecule has 4 aromatic carbocycles. The molecule has 9 rings (SSSR count). The van der Waals surface area contributed by atoms with Crippen molar-refractivity contribution in [1.82, 2.24) is 25.1 Å². The highest BCUT2D eigenvalue weighted by molar-refractivity contribution is 6.25. The van der Waals surface area contributed by atoms with Crippen LogP contribution in [0.15, 0.2) is 122 Å². The quantitative estimate of drug-likeness (QED) is 0.0675. The van der Waals surface area contributed by atoms with E-state index in [4.69, 9.17) is 23.7 Å². The predicted octanol–water partition coefficient (Wildman–Crippen LogP) is 4.47. The van der Waals surface area contributed by atoms with Gasteiger partial charge in [0.2, 0.25) is 17.8 Å². The van der Waals surface area contributed by atoms with Gasteiger partial charge in [-0.05, 0) is 64.6 Å². The van der Waals surface area contributed by atoms with Gasteiger partial charge >= 0.3 is 29.9 Å². The Bertz CT molecular complexity index is 3090. The monoisotopic (exact) mass is 1060 g/mol. The highest BCUT2D eigenvalue weighted by Crippen LogP contribution is 2.66. The third-order valence-electron chi connectivity index (χ3n) is 14.8. The number of anilines is 2. The number of cyclic esters (lactones) is 1. The maximum atomic E-state index is 16.9. The number of carbonyl (C=O) groups is 7. The maximum absolute atomic E-state index is 16.9. The fourth-order valence-corrected chi connectivity index (χ4v) is 11.3. The summed E-state index contributed by atoms with van der Waals surface area (Å²) in [5.41, 5.74) is -0.0590. The van der Waals surface area contributed by atoms with E-state index < -0.39 is 95.2 Å². The Balaban J connectivity index is 1.33. The molecule has 1 aromatic heterocycles. The van der Waals surface area contributed by atoms with Crippen LogP contribution in [-0.4, -0.2) is 139 Å². The first-order valence-electron chi connectivity index (χ1n) is 25.5. The van der Waals surface area contributed by atoms with Gasteiger partial charge in [-0.1, -0.05) is 98.5 Å². The molecule has 4 aliphatic rings. The second-order valence-electron chi connectivity index (χ2n) is 19.4. The molecule has 4 amide bonds. The van der Waals surface area contributed by atoms with Crippen molar-refractivity contribution in [2.75, 3.05) is 70.5 Å². The van der Waals surface area contributed by atoms with E-state index in [1.807, 2.05) is 70.5 Å². The summed E-state index contributed by atoms with van der Waals surface area (Å²) in [6.45, 7) is 3.93. The van der Waals surface area contributed by atoms with E-state index in [9.17, 15) is 19.5 Å². The number of fused-ring (bicyclic) bond motifs is 3. The minimum absolute atomic E-state index is 0.0233. The molecular weight excluding hydrogens is 1000 g/mol. The molecule has 3 saturated heterocycles. The molecule has 3 fully saturated rings. The molecule has 1 spiro atoms. The summed E-state index contributed by atoms with van der Waals surface area (Å²) in [6, 6.07) is 25.7. The fraction of sp³-hybridized carbons (Fsp3) is 0.362. The highest BCUT2D eigenvalue weighted by Gasteiger charge is 2.76. The second kappa shape index (κ2) is 23.3. The van der Waals surface area contributed by atoms with Crippen molar-refractivity contribution in [3.63, 3.8) is 0 Å². The van der Waals surface area contributed by atoms with Crippen molar-refractivity contribution in [3.05, 3.63) is 149 Å². The zero-order valence-corrected chi connectivity index (χ0v) is 43.6. The van der Waals surface area contributed by atoms with Crippen molar-refractivity contribution >= 4 is 53.4 Å². The molecule has 7 atom stereocenters. The minimum Gasteiger partial charge on any atom is -0.491 e. The van der Waals surface area contributed by atoms with E-state index in [0.29, 0.717) is 28.4 Å². The number of morpholine rings is 1. The zero-order valence-electron chi connectivity index (χ0n) is 43.6. The number of esters is 4. The van der Waals surface area contributed by atoms with Gasteiger partial charge in [0.05, 0.1) is 51.6 Å². The number of ether oxygens (including phenoxy) is 5. The first kappa shape index (κ1) is 54.1. The number of nitrogens with zero attached hydrogens (tertiary/aromatic N) is 6. The number of nitrogens with one attached hydrogen (secondary N) is 1. The molecular formula is C58H59N7O13. The molecule has 4 aliphatic heterocycles. The van der Waals surface area contributed by atoms with Crippen molar-refractivity contribution < 1.29 is 62.4 Å². The molecule has 20 nitrogen and oxygen atoms in total. The molecule has 5 heterocycles. The summed E-state index contributed by atoms with van der Waals surface area (Å²) >= 11 is 0. The van der Waals surface area contributed by atoms with Crippen LogP contribution < -0.4 is 19.9 Å². The minimum atomic E-state index is -2.21. The van der Waals surface area contributed by atoms with Crippen LogP contribution in [0.2, 0.25) is 0 Å². The molecule has 20 heteroatoms. The Morgan fingerprint density at radius 1 is 0.769 bits per heavy atom. The number of aliphatic hydroxyl groups is 1. The molecule has 0 aliphatic carbocycles. The number of rotatable bonds is 14. The van der Waals surface area contributed by atoms with Gasteiger partial charge in [-0.3, -0.25) is 28.9 Å². The van der Waals surface area contributed by atoms with Crippen LogP contribution in [0.1, 0.15) is 66.3 Å². The highest BCUT2D eigenvalue weighted by atomic mass is 16.6. The number of hydrogen-bond donors (Lipinski definition) is 2. The number of benzene rings is 4. The molecule has 0 saturated carbocycles. The topological polar surface area (TPSA) is 237 Å². The summed E-state index contributed by atoms with van der Waals surface area (Å²) in [6.07, 6.45) is 1.91. The van der Waals surface area contributed by atoms with E-state index >= 15 is 19.2 Å². The van der Waals surface area contributed by atoms with Crippen LogP contribution in [0.4, 0.5) is 16.4 Å². The van der Waals surface area contributed by atoms with Crippen molar-refractivity contribution in [3.8, 4) is 17.6 Å². The number of amides is 4. The molecule has 5 aromatic rings. The predicted molar refractivity (Wildman–Crippen MR) is 280 cm³/mol. The van der Waals surface area contributed by atoms with Gasteiger partial charge in [0, 0.05) is 50.6 Å². The summed E-state index contributed by atoms with van der Waals surface area (Å²) in [7, 11) is 3.45. The Morgan fingerprint density at radius 3 is 2.00 bits per heavy atom. The number of imide groups is 1. The largest absolute Gasteiger partial charge is 0.491 e. The first-order chi connectivity index (χ1) is 37.8. The number of aromatic nitrogens is 2.